The molecule has 2 amide bonds. The first-order valence-corrected chi connectivity index (χ1v) is 5.90. The van der Waals surface area contributed by atoms with Crippen LogP contribution < -0.4 is 10.6 Å². The SMILES string of the molecule is O=C1Nc2cc(Br)ccc2C(C2CC2)N1. The predicted octanol–water partition coefficient (Wildman–Crippen LogP) is 3.04. The molecule has 0 aromatic heterocycles. The minimum atomic E-state index is -0.0856. The van der Waals surface area contributed by atoms with Gasteiger partial charge in [0.2, 0.25) is 0 Å². The average Bonchev–Trinajstić information content (AvgIpc) is 2.98. The highest BCUT2D eigenvalue weighted by molar-refractivity contribution is 9.10. The molecule has 0 bridgehead atoms. The van der Waals surface area contributed by atoms with Gasteiger partial charge >= 0.3 is 6.03 Å². The van der Waals surface area contributed by atoms with Crippen LogP contribution in [0.2, 0.25) is 0 Å². The van der Waals surface area contributed by atoms with Gasteiger partial charge in [-0.1, -0.05) is 22.0 Å². The van der Waals surface area contributed by atoms with Gasteiger partial charge < -0.3 is 10.6 Å². The molecule has 0 radical (unpaired) electrons. The van der Waals surface area contributed by atoms with E-state index in [1.807, 2.05) is 12.1 Å². The van der Waals surface area contributed by atoms with Crippen LogP contribution in [0.4, 0.5) is 10.5 Å². The molecular formula is C11H11BrN2O. The molecule has 1 aliphatic carbocycles. The Hall–Kier alpha value is -1.03. The van der Waals surface area contributed by atoms with Crippen molar-refractivity contribution in [3.63, 3.8) is 0 Å². The van der Waals surface area contributed by atoms with Crippen molar-refractivity contribution in [3.05, 3.63) is 28.2 Å². The van der Waals surface area contributed by atoms with E-state index in [2.05, 4.69) is 32.6 Å². The number of halogens is 1. The van der Waals surface area contributed by atoms with Crippen LogP contribution in [0.3, 0.4) is 0 Å². The van der Waals surface area contributed by atoms with Crippen molar-refractivity contribution >= 4 is 27.6 Å². The number of hydrogen-bond donors (Lipinski definition) is 2. The summed E-state index contributed by atoms with van der Waals surface area (Å²) in [4.78, 5) is 11.4. The molecule has 1 aliphatic heterocycles. The molecule has 1 atom stereocenters. The van der Waals surface area contributed by atoms with E-state index in [4.69, 9.17) is 0 Å². The van der Waals surface area contributed by atoms with Gasteiger partial charge in [-0.3, -0.25) is 0 Å². The van der Waals surface area contributed by atoms with Gasteiger partial charge in [0.15, 0.2) is 0 Å². The Balaban J connectivity index is 2.05. The van der Waals surface area contributed by atoms with Gasteiger partial charge in [0.25, 0.3) is 0 Å². The highest BCUT2D eigenvalue weighted by Crippen LogP contribution is 2.44. The molecule has 15 heavy (non-hydrogen) atoms. The number of rotatable bonds is 1. The number of fused-ring (bicyclic) bond motifs is 1. The first-order chi connectivity index (χ1) is 7.24. The third-order valence-electron chi connectivity index (χ3n) is 2.98. The van der Waals surface area contributed by atoms with Crippen molar-refractivity contribution in [1.29, 1.82) is 0 Å². The standard InChI is InChI=1S/C11H11BrN2O/c12-7-3-4-8-9(5-7)13-11(15)14-10(8)6-1-2-6/h3-6,10H,1-2H2,(H2,13,14,15). The van der Waals surface area contributed by atoms with E-state index >= 15 is 0 Å². The Kier molecular flexibility index (Phi) is 1.99. The lowest BCUT2D eigenvalue weighted by molar-refractivity contribution is 0.245. The van der Waals surface area contributed by atoms with Crippen molar-refractivity contribution in [3.8, 4) is 0 Å². The quantitative estimate of drug-likeness (QED) is 0.806. The minimum Gasteiger partial charge on any atom is -0.331 e. The number of urea groups is 1. The normalized spacial score (nSPS) is 24.1. The number of anilines is 1. The van der Waals surface area contributed by atoms with Gasteiger partial charge in [0.05, 0.1) is 6.04 Å². The second-order valence-electron chi connectivity index (χ2n) is 4.15. The first kappa shape index (κ1) is 9.21. The summed E-state index contributed by atoms with van der Waals surface area (Å²) < 4.78 is 0.998. The van der Waals surface area contributed by atoms with E-state index in [1.165, 1.54) is 18.4 Å². The Morgan fingerprint density at radius 3 is 2.87 bits per heavy atom. The van der Waals surface area contributed by atoms with Gasteiger partial charge in [0, 0.05) is 10.2 Å². The maximum Gasteiger partial charge on any atom is 0.319 e. The zero-order valence-electron chi connectivity index (χ0n) is 8.09. The minimum absolute atomic E-state index is 0.0856. The molecule has 3 nitrogen and oxygen atoms in total. The summed E-state index contributed by atoms with van der Waals surface area (Å²) in [6.45, 7) is 0. The molecule has 1 saturated carbocycles. The number of nitrogens with one attached hydrogen (secondary N) is 2. The fourth-order valence-electron chi connectivity index (χ4n) is 2.09. The summed E-state index contributed by atoms with van der Waals surface area (Å²) in [6.07, 6.45) is 2.45. The third kappa shape index (κ3) is 1.63. The van der Waals surface area contributed by atoms with Crippen molar-refractivity contribution in [2.45, 2.75) is 18.9 Å². The first-order valence-electron chi connectivity index (χ1n) is 5.11. The molecule has 2 N–H and O–H groups in total. The maximum absolute atomic E-state index is 11.4. The van der Waals surface area contributed by atoms with Crippen LogP contribution in [-0.2, 0) is 0 Å². The molecule has 1 aromatic rings. The largest absolute Gasteiger partial charge is 0.331 e. The molecule has 3 rings (SSSR count). The molecule has 2 aliphatic rings. The highest BCUT2D eigenvalue weighted by Gasteiger charge is 2.37. The number of amides is 2. The molecule has 0 spiro atoms. The van der Waals surface area contributed by atoms with Crippen LogP contribution in [0.25, 0.3) is 0 Å². The van der Waals surface area contributed by atoms with Crippen molar-refractivity contribution in [2.24, 2.45) is 5.92 Å². The van der Waals surface area contributed by atoms with Crippen LogP contribution >= 0.6 is 15.9 Å². The second-order valence-corrected chi connectivity index (χ2v) is 5.06. The number of hydrogen-bond acceptors (Lipinski definition) is 1. The zero-order valence-corrected chi connectivity index (χ0v) is 9.67. The number of carbonyl (C=O) groups excluding carboxylic acids is 1. The Bertz CT molecular complexity index is 429. The lowest BCUT2D eigenvalue weighted by Gasteiger charge is -2.27. The summed E-state index contributed by atoms with van der Waals surface area (Å²) in [7, 11) is 0. The summed E-state index contributed by atoms with van der Waals surface area (Å²) in [5, 5.41) is 5.82. The van der Waals surface area contributed by atoms with Crippen LogP contribution in [-0.4, -0.2) is 6.03 Å². The molecule has 1 fully saturated rings. The maximum atomic E-state index is 11.4. The molecule has 1 unspecified atom stereocenters. The Morgan fingerprint density at radius 2 is 2.13 bits per heavy atom. The van der Waals surface area contributed by atoms with E-state index in [1.54, 1.807) is 0 Å². The topological polar surface area (TPSA) is 41.1 Å². The van der Waals surface area contributed by atoms with Gasteiger partial charge in [-0.2, -0.15) is 0 Å². The number of carbonyl (C=O) groups is 1. The molecule has 1 heterocycles. The highest BCUT2D eigenvalue weighted by atomic mass is 79.9. The predicted molar refractivity (Wildman–Crippen MR) is 61.8 cm³/mol. The monoisotopic (exact) mass is 266 g/mol. The van der Waals surface area contributed by atoms with E-state index in [9.17, 15) is 4.79 Å². The van der Waals surface area contributed by atoms with Gasteiger partial charge in [-0.25, -0.2) is 4.79 Å². The van der Waals surface area contributed by atoms with E-state index in [0.717, 1.165) is 10.2 Å². The summed E-state index contributed by atoms with van der Waals surface area (Å²) in [5.74, 6) is 0.635. The van der Waals surface area contributed by atoms with E-state index in [0.29, 0.717) is 5.92 Å². The Morgan fingerprint density at radius 1 is 1.33 bits per heavy atom. The molecule has 78 valence electrons. The van der Waals surface area contributed by atoms with Crippen LogP contribution in [0.1, 0.15) is 24.4 Å². The Labute approximate surface area is 96.4 Å². The van der Waals surface area contributed by atoms with Crippen molar-refractivity contribution < 1.29 is 4.79 Å². The average molecular weight is 267 g/mol. The lowest BCUT2D eigenvalue weighted by Crippen LogP contribution is -2.38. The summed E-state index contributed by atoms with van der Waals surface area (Å²) in [6, 6.07) is 6.19. The molecule has 0 saturated heterocycles. The van der Waals surface area contributed by atoms with Crippen LogP contribution in [0.5, 0.6) is 0 Å². The van der Waals surface area contributed by atoms with Crippen molar-refractivity contribution in [1.82, 2.24) is 5.32 Å². The summed E-state index contributed by atoms with van der Waals surface area (Å²) >= 11 is 3.41. The van der Waals surface area contributed by atoms with Crippen molar-refractivity contribution in [2.75, 3.05) is 5.32 Å². The lowest BCUT2D eigenvalue weighted by atomic mass is 9.99. The van der Waals surface area contributed by atoms with Gasteiger partial charge in [-0.15, -0.1) is 0 Å². The van der Waals surface area contributed by atoms with E-state index < -0.39 is 0 Å². The smallest absolute Gasteiger partial charge is 0.319 e. The molecule has 4 heteroatoms. The molecule has 1 aromatic carbocycles. The summed E-state index contributed by atoms with van der Waals surface area (Å²) in [5.41, 5.74) is 2.14. The fourth-order valence-corrected chi connectivity index (χ4v) is 2.45. The van der Waals surface area contributed by atoms with Crippen LogP contribution in [0.15, 0.2) is 22.7 Å². The fraction of sp³-hybridized carbons (Fsp3) is 0.364. The second kappa shape index (κ2) is 3.23. The zero-order chi connectivity index (χ0) is 10.4. The van der Waals surface area contributed by atoms with Gasteiger partial charge in [0.1, 0.15) is 0 Å². The van der Waals surface area contributed by atoms with Gasteiger partial charge in [-0.05, 0) is 36.5 Å². The third-order valence-corrected chi connectivity index (χ3v) is 3.47. The van der Waals surface area contributed by atoms with Crippen LogP contribution in [0, 0.1) is 5.92 Å². The molecular weight excluding hydrogens is 256 g/mol. The number of benzene rings is 1. The van der Waals surface area contributed by atoms with E-state index in [-0.39, 0.29) is 12.1 Å².